The molecule has 0 radical (unpaired) electrons. The first-order valence-corrected chi connectivity index (χ1v) is 4.01. The fourth-order valence-corrected chi connectivity index (χ4v) is 1.30. The molecule has 0 aliphatic rings. The molecule has 0 amide bonds. The zero-order chi connectivity index (χ0) is 10.8. The van der Waals surface area contributed by atoms with Crippen molar-refractivity contribution in [2.45, 2.75) is 0 Å². The summed E-state index contributed by atoms with van der Waals surface area (Å²) >= 11 is 0. The summed E-state index contributed by atoms with van der Waals surface area (Å²) in [4.78, 5) is 24.1. The third-order valence-corrected chi connectivity index (χ3v) is 1.91. The summed E-state index contributed by atoms with van der Waals surface area (Å²) in [6, 6.07) is 4.62. The first-order chi connectivity index (χ1) is 7.22. The molecule has 2 aromatic rings. The maximum absolute atomic E-state index is 10.7. The molecular weight excluding hydrogens is 198 g/mol. The molecule has 1 aromatic carbocycles. The summed E-state index contributed by atoms with van der Waals surface area (Å²) in [6.45, 7) is 0. The number of rotatable bonds is 1. The van der Waals surface area contributed by atoms with Crippen LogP contribution in [0.25, 0.3) is 10.9 Å². The van der Waals surface area contributed by atoms with E-state index in [9.17, 15) is 9.59 Å². The number of aromatic nitrogens is 2. The molecule has 0 unspecified atom stereocenters. The van der Waals surface area contributed by atoms with Crippen LogP contribution in [0, 0.1) is 0 Å². The maximum Gasteiger partial charge on any atom is 0.432 e. The lowest BCUT2D eigenvalue weighted by Crippen LogP contribution is -2.08. The first-order valence-electron chi connectivity index (χ1n) is 4.01. The van der Waals surface area contributed by atoms with Crippen LogP contribution < -0.4 is 0 Å². The van der Waals surface area contributed by atoms with E-state index < -0.39 is 6.09 Å². The normalized spacial score (nSPS) is 9.87. The number of hydrogen-bond donors (Lipinski definition) is 1. The summed E-state index contributed by atoms with van der Waals surface area (Å²) in [5.74, 6) is 0. The number of fused-ring (bicyclic) bond motifs is 1. The molecule has 1 aromatic heterocycles. The van der Waals surface area contributed by atoms with Gasteiger partial charge in [-0.3, -0.25) is 0 Å². The van der Waals surface area contributed by atoms with Crippen molar-refractivity contribution in [3.8, 4) is 0 Å². The van der Waals surface area contributed by atoms with Gasteiger partial charge in [-0.2, -0.15) is 14.8 Å². The van der Waals surface area contributed by atoms with Crippen molar-refractivity contribution in [1.29, 1.82) is 0 Å². The van der Waals surface area contributed by atoms with Gasteiger partial charge in [0.15, 0.2) is 0 Å². The number of carbonyl (C=O) groups is 1. The Labute approximate surface area is 83.5 Å². The van der Waals surface area contributed by atoms with E-state index in [0.717, 1.165) is 4.68 Å². The van der Waals surface area contributed by atoms with Crippen LogP contribution in [-0.4, -0.2) is 27.1 Å². The van der Waals surface area contributed by atoms with E-state index in [1.165, 1.54) is 24.4 Å². The fourth-order valence-electron chi connectivity index (χ4n) is 1.30. The van der Waals surface area contributed by atoms with E-state index in [1.807, 2.05) is 0 Å². The molecule has 0 atom stereocenters. The molecule has 15 heavy (non-hydrogen) atoms. The molecule has 0 bridgehead atoms. The van der Waals surface area contributed by atoms with Gasteiger partial charge in [-0.05, 0) is 18.2 Å². The Bertz CT molecular complexity index is 581. The summed E-state index contributed by atoms with van der Waals surface area (Å²) in [6.07, 6.45) is 1.65. The van der Waals surface area contributed by atoms with E-state index in [1.54, 1.807) is 6.07 Å². The van der Waals surface area contributed by atoms with Crippen LogP contribution in [0.5, 0.6) is 0 Å². The van der Waals surface area contributed by atoms with Gasteiger partial charge in [0.05, 0.1) is 17.4 Å². The minimum Gasteiger partial charge on any atom is -0.463 e. The lowest BCUT2D eigenvalue weighted by atomic mass is 10.2. The highest BCUT2D eigenvalue weighted by Gasteiger charge is 2.08. The Kier molecular flexibility index (Phi) is 2.04. The first kappa shape index (κ1) is 9.11. The number of carboxylic acid groups (broad SMARTS) is 1. The third-order valence-electron chi connectivity index (χ3n) is 1.91. The van der Waals surface area contributed by atoms with E-state index in [-0.39, 0.29) is 0 Å². The molecule has 74 valence electrons. The summed E-state index contributed by atoms with van der Waals surface area (Å²) in [7, 11) is 0. The average molecular weight is 203 g/mol. The molecule has 1 heterocycles. The number of carbonyl (C=O) groups excluding carboxylic acids is 1. The quantitative estimate of drug-likeness (QED) is 0.562. The van der Waals surface area contributed by atoms with Gasteiger partial charge in [-0.1, -0.05) is 0 Å². The Morgan fingerprint density at radius 3 is 3.00 bits per heavy atom. The van der Waals surface area contributed by atoms with Gasteiger partial charge in [0.25, 0.3) is 0 Å². The smallest absolute Gasteiger partial charge is 0.432 e. The maximum atomic E-state index is 10.7. The number of aliphatic imine (C=N–C) groups is 1. The molecule has 6 heteroatoms. The van der Waals surface area contributed by atoms with Gasteiger partial charge in [-0.25, -0.2) is 9.59 Å². The summed E-state index contributed by atoms with van der Waals surface area (Å²) < 4.78 is 0.851. The van der Waals surface area contributed by atoms with Crippen LogP contribution in [0.1, 0.15) is 0 Å². The van der Waals surface area contributed by atoms with Gasteiger partial charge in [-0.15, -0.1) is 0 Å². The zero-order valence-corrected chi connectivity index (χ0v) is 7.41. The Morgan fingerprint density at radius 2 is 2.33 bits per heavy atom. The molecule has 0 fully saturated rings. The molecule has 0 aliphatic carbocycles. The van der Waals surface area contributed by atoms with Gasteiger partial charge in [0.2, 0.25) is 6.08 Å². The van der Waals surface area contributed by atoms with Crippen molar-refractivity contribution in [2.75, 3.05) is 0 Å². The second-order valence-electron chi connectivity index (χ2n) is 2.79. The van der Waals surface area contributed by atoms with Gasteiger partial charge >= 0.3 is 6.09 Å². The SMILES string of the molecule is O=C=Nc1ccc2c(cnn2C(=O)O)c1. The summed E-state index contributed by atoms with van der Waals surface area (Å²) in [5, 5.41) is 13.0. The molecule has 2 rings (SSSR count). The number of hydrogen-bond acceptors (Lipinski definition) is 4. The molecular formula is C9H5N3O3. The van der Waals surface area contributed by atoms with Gasteiger partial charge in [0, 0.05) is 5.39 Å². The van der Waals surface area contributed by atoms with Crippen LogP contribution in [0.15, 0.2) is 29.4 Å². The van der Waals surface area contributed by atoms with E-state index in [4.69, 9.17) is 5.11 Å². The van der Waals surface area contributed by atoms with Crippen LogP contribution in [0.2, 0.25) is 0 Å². The van der Waals surface area contributed by atoms with Crippen LogP contribution in [0.3, 0.4) is 0 Å². The topological polar surface area (TPSA) is 84.5 Å². The average Bonchev–Trinajstić information content (AvgIpc) is 2.61. The third kappa shape index (κ3) is 1.49. The highest BCUT2D eigenvalue weighted by Crippen LogP contribution is 2.20. The van der Waals surface area contributed by atoms with Crippen LogP contribution in [-0.2, 0) is 4.79 Å². The lowest BCUT2D eigenvalue weighted by Gasteiger charge is -1.95. The number of benzene rings is 1. The Morgan fingerprint density at radius 1 is 1.53 bits per heavy atom. The van der Waals surface area contributed by atoms with Gasteiger partial charge < -0.3 is 5.11 Å². The molecule has 6 nitrogen and oxygen atoms in total. The number of nitrogens with zero attached hydrogens (tertiary/aromatic N) is 3. The zero-order valence-electron chi connectivity index (χ0n) is 7.41. The Balaban J connectivity index is 2.66. The largest absolute Gasteiger partial charge is 0.463 e. The van der Waals surface area contributed by atoms with Crippen molar-refractivity contribution < 1.29 is 14.7 Å². The fraction of sp³-hybridized carbons (Fsp3) is 0. The highest BCUT2D eigenvalue weighted by molar-refractivity contribution is 5.88. The van der Waals surface area contributed by atoms with Crippen LogP contribution >= 0.6 is 0 Å². The van der Waals surface area contributed by atoms with Crippen molar-refractivity contribution in [3.63, 3.8) is 0 Å². The standard InChI is InChI=1S/C9H5N3O3/c13-5-10-7-1-2-8-6(3-7)4-11-12(8)9(14)15/h1-4H,(H,14,15). The summed E-state index contributed by atoms with van der Waals surface area (Å²) in [5.41, 5.74) is 0.870. The van der Waals surface area contributed by atoms with Crippen LogP contribution in [0.4, 0.5) is 10.5 Å². The monoisotopic (exact) mass is 203 g/mol. The predicted molar refractivity (Wildman–Crippen MR) is 50.9 cm³/mol. The van der Waals surface area contributed by atoms with Crippen molar-refractivity contribution >= 4 is 28.8 Å². The van der Waals surface area contributed by atoms with Gasteiger partial charge in [0.1, 0.15) is 0 Å². The molecule has 0 saturated heterocycles. The van der Waals surface area contributed by atoms with Crippen molar-refractivity contribution in [3.05, 3.63) is 24.4 Å². The molecule has 0 aliphatic heterocycles. The highest BCUT2D eigenvalue weighted by atomic mass is 16.4. The molecule has 0 saturated carbocycles. The van der Waals surface area contributed by atoms with Crippen molar-refractivity contribution in [1.82, 2.24) is 9.78 Å². The minimum absolute atomic E-state index is 0.419. The second kappa shape index (κ2) is 3.36. The van der Waals surface area contributed by atoms with E-state index >= 15 is 0 Å². The molecule has 1 N–H and O–H groups in total. The predicted octanol–water partition coefficient (Wildman–Crippen LogP) is 1.53. The Hall–Kier alpha value is -2.46. The minimum atomic E-state index is -1.16. The van der Waals surface area contributed by atoms with Crippen molar-refractivity contribution in [2.24, 2.45) is 4.99 Å². The second-order valence-corrected chi connectivity index (χ2v) is 2.79. The van der Waals surface area contributed by atoms with E-state index in [2.05, 4.69) is 10.1 Å². The molecule has 0 spiro atoms. The number of isocyanates is 1. The van der Waals surface area contributed by atoms with E-state index in [0.29, 0.717) is 16.6 Å². The lowest BCUT2D eigenvalue weighted by molar-refractivity contribution is 0.194.